The Kier molecular flexibility index (Phi) is 5.64. The van der Waals surface area contributed by atoms with Gasteiger partial charge >= 0.3 is 6.36 Å². The Morgan fingerprint density at radius 2 is 1.89 bits per heavy atom. The van der Waals surface area contributed by atoms with Crippen LogP contribution >= 0.6 is 11.3 Å². The zero-order valence-electron chi connectivity index (χ0n) is 14.9. The monoisotopic (exact) mass is 407 g/mol. The molecule has 1 atom stereocenters. The highest BCUT2D eigenvalue weighted by atomic mass is 32.1. The van der Waals surface area contributed by atoms with Gasteiger partial charge in [-0.3, -0.25) is 9.78 Å². The van der Waals surface area contributed by atoms with E-state index in [-0.39, 0.29) is 11.7 Å². The number of pyridine rings is 1. The van der Waals surface area contributed by atoms with Crippen LogP contribution in [0.4, 0.5) is 13.2 Å². The Hall–Kier alpha value is -2.94. The first kappa shape index (κ1) is 19.8. The first-order valence-electron chi connectivity index (χ1n) is 8.28. The third-order valence-electron chi connectivity index (χ3n) is 3.85. The van der Waals surface area contributed by atoms with Crippen molar-refractivity contribution in [3.8, 4) is 16.5 Å². The van der Waals surface area contributed by atoms with Crippen LogP contribution in [0.15, 0.2) is 48.7 Å². The second-order valence-corrected chi connectivity index (χ2v) is 6.96. The second kappa shape index (κ2) is 7.97. The molecule has 0 aliphatic carbocycles. The maximum atomic E-state index is 12.6. The van der Waals surface area contributed by atoms with Crippen LogP contribution < -0.4 is 10.1 Å². The van der Waals surface area contributed by atoms with Crippen molar-refractivity contribution in [2.24, 2.45) is 0 Å². The number of carbonyl (C=O) groups is 1. The summed E-state index contributed by atoms with van der Waals surface area (Å²) < 4.78 is 40.6. The fraction of sp³-hybridized carbons (Fsp3) is 0.211. The van der Waals surface area contributed by atoms with Gasteiger partial charge in [0.25, 0.3) is 5.91 Å². The van der Waals surface area contributed by atoms with Gasteiger partial charge in [-0.05, 0) is 43.7 Å². The second-order valence-electron chi connectivity index (χ2n) is 5.96. The molecular formula is C19H16F3N3O2S. The number of aryl methyl sites for hydroxylation is 1. The molecule has 2 aromatic heterocycles. The Bertz CT molecular complexity index is 957. The lowest BCUT2D eigenvalue weighted by atomic mass is 10.1. The fourth-order valence-electron chi connectivity index (χ4n) is 2.51. The number of carbonyl (C=O) groups excluding carboxylic acids is 1. The molecular weight excluding hydrogens is 391 g/mol. The summed E-state index contributed by atoms with van der Waals surface area (Å²) in [6, 6.07) is 10.4. The zero-order chi connectivity index (χ0) is 20.3. The van der Waals surface area contributed by atoms with Crippen LogP contribution in [0.25, 0.3) is 10.7 Å². The van der Waals surface area contributed by atoms with Crippen LogP contribution in [0.2, 0.25) is 0 Å². The minimum atomic E-state index is -4.74. The number of rotatable bonds is 5. The lowest BCUT2D eigenvalue weighted by Crippen LogP contribution is -2.26. The lowest BCUT2D eigenvalue weighted by molar-refractivity contribution is -0.274. The molecule has 0 aliphatic rings. The van der Waals surface area contributed by atoms with E-state index in [9.17, 15) is 18.0 Å². The minimum Gasteiger partial charge on any atom is -0.406 e. The van der Waals surface area contributed by atoms with Crippen LogP contribution in [-0.2, 0) is 0 Å². The number of ether oxygens (including phenoxy) is 1. The fourth-order valence-corrected chi connectivity index (χ4v) is 3.46. The molecule has 0 saturated heterocycles. The van der Waals surface area contributed by atoms with E-state index in [1.165, 1.54) is 35.6 Å². The van der Waals surface area contributed by atoms with Gasteiger partial charge in [0, 0.05) is 6.20 Å². The van der Waals surface area contributed by atoms with Gasteiger partial charge in [0.1, 0.15) is 15.6 Å². The van der Waals surface area contributed by atoms with Crippen LogP contribution in [0.5, 0.6) is 5.75 Å². The van der Waals surface area contributed by atoms with Crippen LogP contribution in [0.3, 0.4) is 0 Å². The van der Waals surface area contributed by atoms with Gasteiger partial charge in [-0.1, -0.05) is 18.2 Å². The molecule has 1 aromatic carbocycles. The smallest absolute Gasteiger partial charge is 0.406 e. The van der Waals surface area contributed by atoms with Crippen molar-refractivity contribution >= 4 is 17.2 Å². The summed E-state index contributed by atoms with van der Waals surface area (Å²) >= 11 is 1.24. The van der Waals surface area contributed by atoms with E-state index < -0.39 is 12.4 Å². The highest BCUT2D eigenvalue weighted by Gasteiger charge is 2.31. The Labute approximate surface area is 163 Å². The van der Waals surface area contributed by atoms with Crippen molar-refractivity contribution in [2.75, 3.05) is 0 Å². The number of nitrogens with one attached hydrogen (secondary N) is 1. The van der Waals surface area contributed by atoms with Gasteiger partial charge in [0.05, 0.1) is 17.4 Å². The highest BCUT2D eigenvalue weighted by molar-refractivity contribution is 7.17. The third kappa shape index (κ3) is 4.86. The van der Waals surface area contributed by atoms with Crippen molar-refractivity contribution in [3.05, 3.63) is 64.8 Å². The number of amides is 1. The van der Waals surface area contributed by atoms with E-state index in [1.54, 1.807) is 26.1 Å². The number of alkyl halides is 3. The molecule has 0 saturated carbocycles. The summed E-state index contributed by atoms with van der Waals surface area (Å²) in [6.07, 6.45) is -3.09. The molecule has 0 radical (unpaired) electrons. The SMILES string of the molecule is Cc1nc(-c2ccccn2)sc1C(=O)N[C@H](C)c1ccc(OC(F)(F)F)cc1. The molecule has 28 heavy (non-hydrogen) atoms. The van der Waals surface area contributed by atoms with E-state index in [2.05, 4.69) is 20.0 Å². The van der Waals surface area contributed by atoms with E-state index in [0.29, 0.717) is 26.8 Å². The third-order valence-corrected chi connectivity index (χ3v) is 5.03. The van der Waals surface area contributed by atoms with Gasteiger partial charge in [-0.2, -0.15) is 0 Å². The average molecular weight is 407 g/mol. The molecule has 0 fully saturated rings. The van der Waals surface area contributed by atoms with Gasteiger partial charge in [-0.15, -0.1) is 24.5 Å². The molecule has 1 N–H and O–H groups in total. The normalized spacial score (nSPS) is 12.5. The molecule has 9 heteroatoms. The van der Waals surface area contributed by atoms with Gasteiger partial charge in [-0.25, -0.2) is 4.98 Å². The molecule has 146 valence electrons. The Morgan fingerprint density at radius 1 is 1.18 bits per heavy atom. The lowest BCUT2D eigenvalue weighted by Gasteiger charge is -2.15. The largest absolute Gasteiger partial charge is 0.573 e. The maximum absolute atomic E-state index is 12.6. The van der Waals surface area contributed by atoms with Gasteiger partial charge < -0.3 is 10.1 Å². The van der Waals surface area contributed by atoms with E-state index in [0.717, 1.165) is 0 Å². The molecule has 3 aromatic rings. The first-order valence-corrected chi connectivity index (χ1v) is 9.10. The number of halogens is 3. The molecule has 0 spiro atoms. The van der Waals surface area contributed by atoms with Crippen molar-refractivity contribution < 1.29 is 22.7 Å². The van der Waals surface area contributed by atoms with E-state index >= 15 is 0 Å². The van der Waals surface area contributed by atoms with Crippen LogP contribution in [0, 0.1) is 6.92 Å². The van der Waals surface area contributed by atoms with Crippen molar-refractivity contribution in [1.82, 2.24) is 15.3 Å². The van der Waals surface area contributed by atoms with Gasteiger partial charge in [0.2, 0.25) is 0 Å². The average Bonchev–Trinajstić information content (AvgIpc) is 3.03. The maximum Gasteiger partial charge on any atom is 0.573 e. The molecule has 0 bridgehead atoms. The number of thiazole rings is 1. The standard InChI is InChI=1S/C19H16F3N3O2S/c1-11(13-6-8-14(9-7-13)27-19(20,21)22)24-17(26)16-12(2)25-18(28-16)15-5-3-4-10-23-15/h3-11H,1-2H3,(H,24,26)/t11-/m1/s1. The summed E-state index contributed by atoms with van der Waals surface area (Å²) in [5.41, 5.74) is 1.92. The molecule has 5 nitrogen and oxygen atoms in total. The summed E-state index contributed by atoms with van der Waals surface area (Å²) in [4.78, 5) is 21.7. The Balaban J connectivity index is 1.70. The first-order chi connectivity index (χ1) is 13.2. The highest BCUT2D eigenvalue weighted by Crippen LogP contribution is 2.28. The van der Waals surface area contributed by atoms with Crippen LogP contribution in [-0.4, -0.2) is 22.2 Å². The summed E-state index contributed by atoms with van der Waals surface area (Å²) in [5.74, 6) is -0.617. The summed E-state index contributed by atoms with van der Waals surface area (Å²) in [7, 11) is 0. The molecule has 3 rings (SSSR count). The number of benzene rings is 1. The Morgan fingerprint density at radius 3 is 2.50 bits per heavy atom. The van der Waals surface area contributed by atoms with Crippen LogP contribution in [0.1, 0.15) is 33.9 Å². The summed E-state index contributed by atoms with van der Waals surface area (Å²) in [6.45, 7) is 3.49. The molecule has 1 amide bonds. The molecule has 0 unspecified atom stereocenters. The quantitative estimate of drug-likeness (QED) is 0.653. The van der Waals surface area contributed by atoms with Crippen molar-refractivity contribution in [2.45, 2.75) is 26.3 Å². The number of hydrogen-bond acceptors (Lipinski definition) is 5. The topological polar surface area (TPSA) is 64.1 Å². The van der Waals surface area contributed by atoms with E-state index in [1.807, 2.05) is 12.1 Å². The number of aromatic nitrogens is 2. The number of hydrogen-bond donors (Lipinski definition) is 1. The minimum absolute atomic E-state index is 0.305. The van der Waals surface area contributed by atoms with Gasteiger partial charge in [0.15, 0.2) is 0 Å². The van der Waals surface area contributed by atoms with Crippen molar-refractivity contribution in [3.63, 3.8) is 0 Å². The number of nitrogens with zero attached hydrogens (tertiary/aromatic N) is 2. The summed E-state index contributed by atoms with van der Waals surface area (Å²) in [5, 5.41) is 3.48. The predicted octanol–water partition coefficient (Wildman–Crippen LogP) is 4.90. The predicted molar refractivity (Wildman–Crippen MR) is 99.1 cm³/mol. The molecule has 2 heterocycles. The van der Waals surface area contributed by atoms with E-state index in [4.69, 9.17) is 0 Å². The molecule has 0 aliphatic heterocycles. The van der Waals surface area contributed by atoms with Crippen molar-refractivity contribution in [1.29, 1.82) is 0 Å². The zero-order valence-corrected chi connectivity index (χ0v) is 15.8.